The summed E-state index contributed by atoms with van der Waals surface area (Å²) in [7, 11) is 1.65. The summed E-state index contributed by atoms with van der Waals surface area (Å²) in [5.41, 5.74) is 0.924. The van der Waals surface area contributed by atoms with E-state index in [4.69, 9.17) is 4.74 Å². The Hall–Kier alpha value is -0.750. The first-order chi connectivity index (χ1) is 10.3. The molecule has 0 aromatic heterocycles. The van der Waals surface area contributed by atoms with Gasteiger partial charge in [0.05, 0.1) is 18.8 Å². The van der Waals surface area contributed by atoms with Gasteiger partial charge in [0.1, 0.15) is 0 Å². The number of thioether (sulfide) groups is 1. The van der Waals surface area contributed by atoms with Crippen molar-refractivity contribution >= 4 is 35.8 Å². The van der Waals surface area contributed by atoms with Crippen molar-refractivity contribution in [3.05, 3.63) is 24.3 Å². The van der Waals surface area contributed by atoms with Crippen LogP contribution >= 0.6 is 24.2 Å². The van der Waals surface area contributed by atoms with Crippen molar-refractivity contribution in [1.82, 2.24) is 5.32 Å². The molecule has 1 aliphatic carbocycles. The molecule has 6 heteroatoms. The number of hydrogen-bond donors (Lipinski definition) is 2. The molecule has 0 radical (unpaired) electrons. The van der Waals surface area contributed by atoms with Crippen LogP contribution in [-0.4, -0.2) is 38.0 Å². The number of benzene rings is 1. The minimum Gasteiger partial charge on any atom is -0.383 e. The number of para-hydroxylation sites is 1. The van der Waals surface area contributed by atoms with Crippen LogP contribution in [0.5, 0.6) is 0 Å². The average Bonchev–Trinajstić information content (AvgIpc) is 2.99. The van der Waals surface area contributed by atoms with E-state index in [1.807, 2.05) is 30.0 Å². The highest BCUT2D eigenvalue weighted by molar-refractivity contribution is 8.00. The van der Waals surface area contributed by atoms with Gasteiger partial charge in [-0.15, -0.1) is 24.2 Å². The highest BCUT2D eigenvalue weighted by Crippen LogP contribution is 2.37. The normalized spacial score (nSPS) is 14.6. The van der Waals surface area contributed by atoms with E-state index in [-0.39, 0.29) is 18.3 Å². The Bertz CT molecular complexity index is 454. The minimum atomic E-state index is -0.00873. The number of rotatable bonds is 8. The second-order valence-electron chi connectivity index (χ2n) is 5.24. The third-order valence-electron chi connectivity index (χ3n) is 3.53. The van der Waals surface area contributed by atoms with E-state index in [9.17, 15) is 4.79 Å². The standard InChI is InChI=1S/C16H24N2O2S.ClH/c1-20-11-10-17-12-16(19)18-14-8-4-5-9-15(14)21-13-6-2-3-7-13;/h4-5,8-9,13,17H,2-3,6-7,10-12H2,1H3,(H,18,19);1H. The molecule has 0 aliphatic heterocycles. The summed E-state index contributed by atoms with van der Waals surface area (Å²) in [6.45, 7) is 1.61. The van der Waals surface area contributed by atoms with E-state index >= 15 is 0 Å². The van der Waals surface area contributed by atoms with Gasteiger partial charge in [-0.25, -0.2) is 0 Å². The van der Waals surface area contributed by atoms with Gasteiger partial charge >= 0.3 is 0 Å². The van der Waals surface area contributed by atoms with Gasteiger partial charge < -0.3 is 15.4 Å². The first-order valence-corrected chi connectivity index (χ1v) is 8.43. The maximum absolute atomic E-state index is 11.9. The van der Waals surface area contributed by atoms with Crippen LogP contribution < -0.4 is 10.6 Å². The summed E-state index contributed by atoms with van der Waals surface area (Å²) in [5.74, 6) is -0.00873. The molecule has 1 amide bonds. The molecule has 1 aromatic carbocycles. The van der Waals surface area contributed by atoms with Crippen LogP contribution in [0.3, 0.4) is 0 Å². The molecule has 124 valence electrons. The lowest BCUT2D eigenvalue weighted by molar-refractivity contribution is -0.115. The fraction of sp³-hybridized carbons (Fsp3) is 0.562. The molecule has 1 aromatic rings. The smallest absolute Gasteiger partial charge is 0.238 e. The SMILES string of the molecule is COCCNCC(=O)Nc1ccccc1SC1CCCC1.Cl. The van der Waals surface area contributed by atoms with Gasteiger partial charge in [0, 0.05) is 23.8 Å². The van der Waals surface area contributed by atoms with Crippen molar-refractivity contribution in [2.24, 2.45) is 0 Å². The summed E-state index contributed by atoms with van der Waals surface area (Å²) < 4.78 is 4.94. The van der Waals surface area contributed by atoms with Gasteiger partial charge in [-0.05, 0) is 25.0 Å². The number of amides is 1. The first kappa shape index (κ1) is 19.3. The molecular formula is C16H25ClN2O2S. The van der Waals surface area contributed by atoms with Crippen LogP contribution in [0, 0.1) is 0 Å². The van der Waals surface area contributed by atoms with Crippen LogP contribution in [0.2, 0.25) is 0 Å². The van der Waals surface area contributed by atoms with Crippen LogP contribution in [0.1, 0.15) is 25.7 Å². The summed E-state index contributed by atoms with van der Waals surface area (Å²) in [6.07, 6.45) is 5.22. The monoisotopic (exact) mass is 344 g/mol. The molecule has 2 N–H and O–H groups in total. The number of ether oxygens (including phenoxy) is 1. The van der Waals surface area contributed by atoms with Crippen LogP contribution in [0.15, 0.2) is 29.2 Å². The molecule has 22 heavy (non-hydrogen) atoms. The van der Waals surface area contributed by atoms with E-state index in [0.717, 1.165) is 5.69 Å². The quantitative estimate of drug-likeness (QED) is 0.710. The summed E-state index contributed by atoms with van der Waals surface area (Å²) in [4.78, 5) is 13.1. The molecule has 1 saturated carbocycles. The van der Waals surface area contributed by atoms with E-state index in [1.165, 1.54) is 30.6 Å². The van der Waals surface area contributed by atoms with Gasteiger partial charge in [-0.2, -0.15) is 0 Å². The number of carbonyl (C=O) groups is 1. The molecule has 1 fully saturated rings. The predicted molar refractivity (Wildman–Crippen MR) is 95.2 cm³/mol. The number of hydrogen-bond acceptors (Lipinski definition) is 4. The predicted octanol–water partition coefficient (Wildman–Crippen LogP) is 3.32. The first-order valence-electron chi connectivity index (χ1n) is 7.55. The molecule has 0 heterocycles. The fourth-order valence-corrected chi connectivity index (χ4v) is 3.76. The number of methoxy groups -OCH3 is 1. The molecule has 0 bridgehead atoms. The maximum Gasteiger partial charge on any atom is 0.238 e. The lowest BCUT2D eigenvalue weighted by atomic mass is 10.3. The van der Waals surface area contributed by atoms with Gasteiger partial charge in [-0.3, -0.25) is 4.79 Å². The molecule has 4 nitrogen and oxygen atoms in total. The second-order valence-corrected chi connectivity index (χ2v) is 6.58. The van der Waals surface area contributed by atoms with Crippen molar-refractivity contribution in [2.45, 2.75) is 35.8 Å². The number of nitrogens with one attached hydrogen (secondary N) is 2. The highest BCUT2D eigenvalue weighted by atomic mass is 35.5. The second kappa shape index (κ2) is 10.9. The third kappa shape index (κ3) is 6.57. The Morgan fingerprint density at radius 1 is 1.32 bits per heavy atom. The van der Waals surface area contributed by atoms with E-state index in [1.54, 1.807) is 7.11 Å². The van der Waals surface area contributed by atoms with Crippen molar-refractivity contribution in [2.75, 3.05) is 32.1 Å². The maximum atomic E-state index is 11.9. The minimum absolute atomic E-state index is 0. The van der Waals surface area contributed by atoms with Crippen molar-refractivity contribution in [1.29, 1.82) is 0 Å². The Kier molecular flexibility index (Phi) is 9.55. The van der Waals surface area contributed by atoms with Crippen LogP contribution in [0.4, 0.5) is 5.69 Å². The van der Waals surface area contributed by atoms with E-state index in [2.05, 4.69) is 16.7 Å². The largest absolute Gasteiger partial charge is 0.383 e. The molecule has 1 aliphatic rings. The Labute approximate surface area is 143 Å². The van der Waals surface area contributed by atoms with Crippen LogP contribution in [0.25, 0.3) is 0 Å². The summed E-state index contributed by atoms with van der Waals surface area (Å²) in [6, 6.07) is 8.07. The lowest BCUT2D eigenvalue weighted by Gasteiger charge is -2.14. The number of carbonyl (C=O) groups excluding carboxylic acids is 1. The Morgan fingerprint density at radius 3 is 2.77 bits per heavy atom. The summed E-state index contributed by atoms with van der Waals surface area (Å²) >= 11 is 1.90. The number of halogens is 1. The highest BCUT2D eigenvalue weighted by Gasteiger charge is 2.17. The molecular weight excluding hydrogens is 320 g/mol. The van der Waals surface area contributed by atoms with Crippen molar-refractivity contribution in [3.8, 4) is 0 Å². The molecule has 0 unspecified atom stereocenters. The number of anilines is 1. The third-order valence-corrected chi connectivity index (χ3v) is 4.94. The Balaban J connectivity index is 0.00000242. The molecule has 2 rings (SSSR count). The topological polar surface area (TPSA) is 50.4 Å². The van der Waals surface area contributed by atoms with Crippen molar-refractivity contribution < 1.29 is 9.53 Å². The van der Waals surface area contributed by atoms with Crippen LogP contribution in [-0.2, 0) is 9.53 Å². The van der Waals surface area contributed by atoms with Gasteiger partial charge in [0.15, 0.2) is 0 Å². The zero-order valence-electron chi connectivity index (χ0n) is 13.0. The van der Waals surface area contributed by atoms with Gasteiger partial charge in [0.25, 0.3) is 0 Å². The average molecular weight is 345 g/mol. The summed E-state index contributed by atoms with van der Waals surface area (Å²) in [5, 5.41) is 6.75. The zero-order chi connectivity index (χ0) is 14.9. The Morgan fingerprint density at radius 2 is 2.05 bits per heavy atom. The zero-order valence-corrected chi connectivity index (χ0v) is 14.6. The van der Waals surface area contributed by atoms with E-state index < -0.39 is 0 Å². The lowest BCUT2D eigenvalue weighted by Crippen LogP contribution is -2.30. The molecule has 0 saturated heterocycles. The molecule has 0 spiro atoms. The van der Waals surface area contributed by atoms with Gasteiger partial charge in [0.2, 0.25) is 5.91 Å². The fourth-order valence-electron chi connectivity index (χ4n) is 2.43. The van der Waals surface area contributed by atoms with Gasteiger partial charge in [-0.1, -0.05) is 25.0 Å². The van der Waals surface area contributed by atoms with Crippen molar-refractivity contribution in [3.63, 3.8) is 0 Å². The van der Waals surface area contributed by atoms with E-state index in [0.29, 0.717) is 24.9 Å². The molecule has 0 atom stereocenters.